The van der Waals surface area contributed by atoms with Crippen molar-refractivity contribution in [2.24, 2.45) is 0 Å². The second-order valence-electron chi connectivity index (χ2n) is 3.70. The molecule has 1 fully saturated rings. The molecule has 1 aliphatic carbocycles. The standard InChI is InChI=1S/C11H21NO/c1-3-4-5-9-12-10-7-6-8-11(10)13-2/h3,10-12H,1,4-9H2,2H3. The molecule has 0 saturated heterocycles. The van der Waals surface area contributed by atoms with E-state index in [0.29, 0.717) is 12.1 Å². The SMILES string of the molecule is C=CCCCNC1CCCC1OC. The van der Waals surface area contributed by atoms with Gasteiger partial charge in [0.15, 0.2) is 0 Å². The summed E-state index contributed by atoms with van der Waals surface area (Å²) in [7, 11) is 1.81. The predicted octanol–water partition coefficient (Wildman–Crippen LogP) is 2.11. The first-order chi connectivity index (χ1) is 6.38. The summed E-state index contributed by atoms with van der Waals surface area (Å²) in [5.41, 5.74) is 0. The van der Waals surface area contributed by atoms with Gasteiger partial charge in [0, 0.05) is 13.2 Å². The lowest BCUT2D eigenvalue weighted by molar-refractivity contribution is 0.0853. The van der Waals surface area contributed by atoms with Crippen LogP contribution in [0.3, 0.4) is 0 Å². The molecule has 1 saturated carbocycles. The van der Waals surface area contributed by atoms with Crippen LogP contribution in [0.1, 0.15) is 32.1 Å². The maximum absolute atomic E-state index is 5.40. The zero-order valence-corrected chi connectivity index (χ0v) is 8.59. The third-order valence-corrected chi connectivity index (χ3v) is 2.75. The molecule has 0 aliphatic heterocycles. The highest BCUT2D eigenvalue weighted by Gasteiger charge is 2.25. The Balaban J connectivity index is 2.09. The Hall–Kier alpha value is -0.340. The molecule has 0 bridgehead atoms. The number of rotatable bonds is 6. The van der Waals surface area contributed by atoms with Crippen LogP contribution in [0.15, 0.2) is 12.7 Å². The molecule has 1 aliphatic rings. The maximum Gasteiger partial charge on any atom is 0.0724 e. The average molecular weight is 183 g/mol. The fraction of sp³-hybridized carbons (Fsp3) is 0.818. The molecule has 2 atom stereocenters. The van der Waals surface area contributed by atoms with E-state index in [9.17, 15) is 0 Å². The minimum absolute atomic E-state index is 0.448. The first-order valence-corrected chi connectivity index (χ1v) is 5.25. The van der Waals surface area contributed by atoms with Crippen molar-refractivity contribution in [3.05, 3.63) is 12.7 Å². The quantitative estimate of drug-likeness (QED) is 0.503. The van der Waals surface area contributed by atoms with Crippen molar-refractivity contribution in [1.82, 2.24) is 5.32 Å². The molecule has 1 rings (SSSR count). The van der Waals surface area contributed by atoms with Crippen LogP contribution in [-0.4, -0.2) is 25.8 Å². The summed E-state index contributed by atoms with van der Waals surface area (Å²) in [4.78, 5) is 0. The summed E-state index contributed by atoms with van der Waals surface area (Å²) in [6, 6.07) is 0.592. The zero-order chi connectivity index (χ0) is 9.52. The van der Waals surface area contributed by atoms with E-state index in [1.165, 1.54) is 25.7 Å². The molecule has 0 amide bonds. The van der Waals surface area contributed by atoms with E-state index in [2.05, 4.69) is 11.9 Å². The highest BCUT2D eigenvalue weighted by atomic mass is 16.5. The summed E-state index contributed by atoms with van der Waals surface area (Å²) in [5, 5.41) is 3.54. The Kier molecular flexibility index (Phi) is 5.09. The summed E-state index contributed by atoms with van der Waals surface area (Å²) < 4.78 is 5.40. The summed E-state index contributed by atoms with van der Waals surface area (Å²) in [5.74, 6) is 0. The smallest absolute Gasteiger partial charge is 0.0724 e. The molecule has 2 unspecified atom stereocenters. The van der Waals surface area contributed by atoms with Crippen LogP contribution in [0.4, 0.5) is 0 Å². The summed E-state index contributed by atoms with van der Waals surface area (Å²) in [6.45, 7) is 4.80. The second kappa shape index (κ2) is 6.17. The highest BCUT2D eigenvalue weighted by molar-refractivity contribution is 4.83. The van der Waals surface area contributed by atoms with Gasteiger partial charge in [0.25, 0.3) is 0 Å². The molecule has 0 aromatic heterocycles. The normalized spacial score (nSPS) is 27.8. The minimum Gasteiger partial charge on any atom is -0.380 e. The highest BCUT2D eigenvalue weighted by Crippen LogP contribution is 2.21. The van der Waals surface area contributed by atoms with E-state index in [0.717, 1.165) is 13.0 Å². The van der Waals surface area contributed by atoms with Crippen LogP contribution >= 0.6 is 0 Å². The minimum atomic E-state index is 0.448. The molecular formula is C11H21NO. The van der Waals surface area contributed by atoms with Crippen LogP contribution in [0.5, 0.6) is 0 Å². The van der Waals surface area contributed by atoms with Gasteiger partial charge in [-0.1, -0.05) is 6.08 Å². The van der Waals surface area contributed by atoms with Crippen LogP contribution in [-0.2, 0) is 4.74 Å². The molecule has 2 heteroatoms. The predicted molar refractivity (Wildman–Crippen MR) is 55.9 cm³/mol. The third kappa shape index (κ3) is 3.49. The summed E-state index contributed by atoms with van der Waals surface area (Å²) in [6.07, 6.45) is 8.52. The lowest BCUT2D eigenvalue weighted by Gasteiger charge is -2.19. The molecule has 76 valence electrons. The van der Waals surface area contributed by atoms with Gasteiger partial charge in [0.1, 0.15) is 0 Å². The van der Waals surface area contributed by atoms with Gasteiger partial charge in [-0.25, -0.2) is 0 Å². The fourth-order valence-electron chi connectivity index (χ4n) is 1.98. The van der Waals surface area contributed by atoms with Crippen LogP contribution in [0, 0.1) is 0 Å². The number of hydrogen-bond acceptors (Lipinski definition) is 2. The van der Waals surface area contributed by atoms with Gasteiger partial charge < -0.3 is 10.1 Å². The number of methoxy groups -OCH3 is 1. The number of ether oxygens (including phenoxy) is 1. The average Bonchev–Trinajstić information content (AvgIpc) is 2.60. The molecule has 13 heavy (non-hydrogen) atoms. The van der Waals surface area contributed by atoms with Crippen molar-refractivity contribution >= 4 is 0 Å². The van der Waals surface area contributed by atoms with Crippen molar-refractivity contribution in [3.63, 3.8) is 0 Å². The Morgan fingerprint density at radius 3 is 3.08 bits per heavy atom. The van der Waals surface area contributed by atoms with Crippen molar-refractivity contribution in [2.75, 3.05) is 13.7 Å². The van der Waals surface area contributed by atoms with Gasteiger partial charge in [-0.05, 0) is 38.6 Å². The van der Waals surface area contributed by atoms with Gasteiger partial charge in [-0.2, -0.15) is 0 Å². The van der Waals surface area contributed by atoms with Crippen LogP contribution in [0.25, 0.3) is 0 Å². The molecule has 0 radical (unpaired) electrons. The maximum atomic E-state index is 5.40. The summed E-state index contributed by atoms with van der Waals surface area (Å²) >= 11 is 0. The van der Waals surface area contributed by atoms with Gasteiger partial charge in [0.05, 0.1) is 6.10 Å². The molecule has 0 heterocycles. The Morgan fingerprint density at radius 2 is 2.38 bits per heavy atom. The van der Waals surface area contributed by atoms with E-state index in [1.54, 1.807) is 0 Å². The molecule has 1 N–H and O–H groups in total. The van der Waals surface area contributed by atoms with Gasteiger partial charge in [-0.15, -0.1) is 6.58 Å². The van der Waals surface area contributed by atoms with Gasteiger partial charge in [0.2, 0.25) is 0 Å². The van der Waals surface area contributed by atoms with E-state index in [-0.39, 0.29) is 0 Å². The Labute approximate surface area is 81.4 Å². The van der Waals surface area contributed by atoms with Gasteiger partial charge in [-0.3, -0.25) is 0 Å². The van der Waals surface area contributed by atoms with Crippen molar-refractivity contribution in [3.8, 4) is 0 Å². The van der Waals surface area contributed by atoms with E-state index >= 15 is 0 Å². The zero-order valence-electron chi connectivity index (χ0n) is 8.59. The first kappa shape index (κ1) is 10.7. The largest absolute Gasteiger partial charge is 0.380 e. The van der Waals surface area contributed by atoms with Crippen LogP contribution in [0.2, 0.25) is 0 Å². The van der Waals surface area contributed by atoms with Crippen LogP contribution < -0.4 is 5.32 Å². The van der Waals surface area contributed by atoms with E-state index in [4.69, 9.17) is 4.74 Å². The second-order valence-corrected chi connectivity index (χ2v) is 3.70. The molecule has 0 aromatic rings. The number of hydrogen-bond donors (Lipinski definition) is 1. The lowest BCUT2D eigenvalue weighted by Crippen LogP contribution is -2.37. The Morgan fingerprint density at radius 1 is 1.54 bits per heavy atom. The van der Waals surface area contributed by atoms with Crippen molar-refractivity contribution < 1.29 is 4.74 Å². The number of unbranched alkanes of at least 4 members (excludes halogenated alkanes) is 1. The molecule has 0 aromatic carbocycles. The van der Waals surface area contributed by atoms with Crippen molar-refractivity contribution in [1.29, 1.82) is 0 Å². The monoisotopic (exact) mass is 183 g/mol. The first-order valence-electron chi connectivity index (χ1n) is 5.25. The Bertz CT molecular complexity index is 147. The van der Waals surface area contributed by atoms with Gasteiger partial charge >= 0.3 is 0 Å². The lowest BCUT2D eigenvalue weighted by atomic mass is 10.2. The number of allylic oxidation sites excluding steroid dienone is 1. The molecular weight excluding hydrogens is 162 g/mol. The number of nitrogens with one attached hydrogen (secondary N) is 1. The van der Waals surface area contributed by atoms with E-state index < -0.39 is 0 Å². The fourth-order valence-corrected chi connectivity index (χ4v) is 1.98. The molecule has 0 spiro atoms. The molecule has 2 nitrogen and oxygen atoms in total. The third-order valence-electron chi connectivity index (χ3n) is 2.75. The van der Waals surface area contributed by atoms with E-state index in [1.807, 2.05) is 13.2 Å². The topological polar surface area (TPSA) is 21.3 Å². The van der Waals surface area contributed by atoms with Crippen molar-refractivity contribution in [2.45, 2.75) is 44.2 Å².